The van der Waals surface area contributed by atoms with Crippen molar-refractivity contribution >= 4 is 40.9 Å². The maximum Gasteiger partial charge on any atom is 0.233 e. The first-order valence-electron chi connectivity index (χ1n) is 9.46. The zero-order valence-electron chi connectivity index (χ0n) is 15.9. The Hall–Kier alpha value is -2.02. The number of carbonyl (C=O) groups is 1. The van der Waals surface area contributed by atoms with Crippen molar-refractivity contribution < 1.29 is 4.79 Å². The van der Waals surface area contributed by atoms with Crippen LogP contribution in [0.4, 0.5) is 0 Å². The molecule has 0 radical (unpaired) electrons. The third kappa shape index (κ3) is 4.29. The average Bonchev–Trinajstić information content (AvgIpc) is 2.98. The molecule has 1 amide bonds. The van der Waals surface area contributed by atoms with E-state index >= 15 is 0 Å². The summed E-state index contributed by atoms with van der Waals surface area (Å²) in [6, 6.07) is 13.3. The summed E-state index contributed by atoms with van der Waals surface area (Å²) in [7, 11) is 0. The summed E-state index contributed by atoms with van der Waals surface area (Å²) in [5, 5.41) is 13.4. The highest BCUT2D eigenvalue weighted by molar-refractivity contribution is 8.00. The van der Waals surface area contributed by atoms with Crippen LogP contribution in [0.15, 0.2) is 47.6 Å². The molecular formula is C21H20Cl2N4OS. The zero-order valence-corrected chi connectivity index (χ0v) is 18.2. The van der Waals surface area contributed by atoms with Gasteiger partial charge in [0.1, 0.15) is 0 Å². The molecule has 1 aromatic heterocycles. The molecule has 1 aliphatic heterocycles. The second kappa shape index (κ2) is 8.78. The van der Waals surface area contributed by atoms with Gasteiger partial charge in [-0.1, -0.05) is 59.6 Å². The lowest BCUT2D eigenvalue weighted by Crippen LogP contribution is -2.30. The molecule has 1 saturated heterocycles. The minimum atomic E-state index is -0.196. The molecule has 150 valence electrons. The lowest BCUT2D eigenvalue weighted by molar-refractivity contribution is -0.120. The third-order valence-corrected chi connectivity index (χ3v) is 6.65. The quantitative estimate of drug-likeness (QED) is 0.589. The lowest BCUT2D eigenvalue weighted by atomic mass is 10.1. The van der Waals surface area contributed by atoms with Gasteiger partial charge >= 0.3 is 0 Å². The minimum Gasteiger partial charge on any atom is -0.355 e. The van der Waals surface area contributed by atoms with Crippen LogP contribution in [0.3, 0.4) is 0 Å². The molecular weight excluding hydrogens is 427 g/mol. The lowest BCUT2D eigenvalue weighted by Gasteiger charge is -2.16. The van der Waals surface area contributed by atoms with Crippen molar-refractivity contribution in [2.75, 3.05) is 6.54 Å². The molecule has 0 spiro atoms. The van der Waals surface area contributed by atoms with Gasteiger partial charge in [-0.2, -0.15) is 0 Å². The van der Waals surface area contributed by atoms with E-state index < -0.39 is 0 Å². The average molecular weight is 447 g/mol. The number of hydrogen-bond donors (Lipinski definition) is 1. The van der Waals surface area contributed by atoms with E-state index in [1.165, 1.54) is 11.8 Å². The molecule has 0 unspecified atom stereocenters. The van der Waals surface area contributed by atoms with E-state index in [0.717, 1.165) is 42.6 Å². The number of carbonyl (C=O) groups excluding carboxylic acids is 1. The molecule has 4 rings (SSSR count). The first kappa shape index (κ1) is 20.3. The van der Waals surface area contributed by atoms with E-state index in [-0.39, 0.29) is 11.2 Å². The predicted molar refractivity (Wildman–Crippen MR) is 118 cm³/mol. The van der Waals surface area contributed by atoms with Crippen molar-refractivity contribution in [3.8, 4) is 17.1 Å². The van der Waals surface area contributed by atoms with Crippen molar-refractivity contribution in [1.82, 2.24) is 20.1 Å². The van der Waals surface area contributed by atoms with Gasteiger partial charge in [0.05, 0.1) is 16.0 Å². The smallest absolute Gasteiger partial charge is 0.233 e. The van der Waals surface area contributed by atoms with Crippen molar-refractivity contribution in [2.45, 2.75) is 36.6 Å². The minimum absolute atomic E-state index is 0.0536. The van der Waals surface area contributed by atoms with Gasteiger partial charge in [-0.3, -0.25) is 9.36 Å². The van der Waals surface area contributed by atoms with Crippen LogP contribution in [0.5, 0.6) is 0 Å². The van der Waals surface area contributed by atoms with Crippen molar-refractivity contribution in [1.29, 1.82) is 0 Å². The molecule has 0 aliphatic carbocycles. The number of benzene rings is 2. The molecule has 2 heterocycles. The molecule has 1 atom stereocenters. The molecule has 8 heteroatoms. The number of rotatable bonds is 4. The summed E-state index contributed by atoms with van der Waals surface area (Å²) >= 11 is 14.0. The zero-order chi connectivity index (χ0) is 20.4. The Labute approximate surface area is 183 Å². The number of para-hydroxylation sites is 1. The summed E-state index contributed by atoms with van der Waals surface area (Å²) in [6.45, 7) is 2.77. The fourth-order valence-electron chi connectivity index (χ4n) is 3.37. The first-order valence-corrected chi connectivity index (χ1v) is 11.1. The highest BCUT2D eigenvalue weighted by Gasteiger charge is 2.27. The largest absolute Gasteiger partial charge is 0.355 e. The van der Waals surface area contributed by atoms with Gasteiger partial charge in [0.25, 0.3) is 0 Å². The van der Waals surface area contributed by atoms with E-state index in [0.29, 0.717) is 21.0 Å². The Morgan fingerprint density at radius 2 is 1.97 bits per heavy atom. The normalized spacial score (nSPS) is 17.1. The van der Waals surface area contributed by atoms with Gasteiger partial charge in [-0.05, 0) is 49.6 Å². The van der Waals surface area contributed by atoms with Gasteiger partial charge < -0.3 is 5.32 Å². The van der Waals surface area contributed by atoms with Crippen LogP contribution in [-0.4, -0.2) is 32.5 Å². The van der Waals surface area contributed by atoms with Crippen LogP contribution in [0.25, 0.3) is 17.1 Å². The summed E-state index contributed by atoms with van der Waals surface area (Å²) in [5.41, 5.74) is 2.77. The fraction of sp³-hybridized carbons (Fsp3) is 0.286. The molecule has 2 aromatic carbocycles. The van der Waals surface area contributed by atoms with E-state index in [9.17, 15) is 4.79 Å². The maximum atomic E-state index is 12.5. The monoisotopic (exact) mass is 446 g/mol. The number of nitrogens with one attached hydrogen (secondary N) is 1. The van der Waals surface area contributed by atoms with E-state index in [1.807, 2.05) is 41.8 Å². The van der Waals surface area contributed by atoms with Gasteiger partial charge in [0.2, 0.25) is 5.91 Å². The maximum absolute atomic E-state index is 12.5. The summed E-state index contributed by atoms with van der Waals surface area (Å²) in [4.78, 5) is 12.5. The van der Waals surface area contributed by atoms with E-state index in [2.05, 4.69) is 15.5 Å². The second-order valence-corrected chi connectivity index (χ2v) is 8.96. The first-order chi connectivity index (χ1) is 14.0. The van der Waals surface area contributed by atoms with Gasteiger partial charge in [-0.15, -0.1) is 10.2 Å². The van der Waals surface area contributed by atoms with Crippen LogP contribution >= 0.6 is 35.0 Å². The fourth-order valence-corrected chi connectivity index (χ4v) is 4.97. The van der Waals surface area contributed by atoms with Crippen LogP contribution in [0.2, 0.25) is 10.0 Å². The van der Waals surface area contributed by atoms with Gasteiger partial charge in [0.15, 0.2) is 11.0 Å². The van der Waals surface area contributed by atoms with Crippen LogP contribution in [0, 0.1) is 6.92 Å². The molecule has 1 aliphatic rings. The number of amides is 1. The number of thioether (sulfide) groups is 1. The van der Waals surface area contributed by atoms with Crippen molar-refractivity contribution in [3.05, 3.63) is 58.1 Å². The summed E-state index contributed by atoms with van der Waals surface area (Å²) in [5.74, 6) is 0.676. The number of nitrogens with zero attached hydrogens (tertiary/aromatic N) is 3. The Balaban J connectivity index is 1.83. The third-order valence-electron chi connectivity index (χ3n) is 4.89. The SMILES string of the molecule is Cc1ccccc1-n1c(S[C@@H]2CCCCNC2=O)nnc1-c1ccc(Cl)cc1Cl. The molecule has 0 saturated carbocycles. The van der Waals surface area contributed by atoms with Gasteiger partial charge in [-0.25, -0.2) is 0 Å². The molecule has 5 nitrogen and oxygen atoms in total. The predicted octanol–water partition coefficient (Wildman–Crippen LogP) is 5.31. The molecule has 1 fully saturated rings. The highest BCUT2D eigenvalue weighted by Crippen LogP contribution is 2.36. The number of hydrogen-bond acceptors (Lipinski definition) is 4. The Bertz CT molecular complexity index is 1050. The van der Waals surface area contributed by atoms with Crippen molar-refractivity contribution in [3.63, 3.8) is 0 Å². The van der Waals surface area contributed by atoms with Crippen LogP contribution in [-0.2, 0) is 4.79 Å². The Kier molecular flexibility index (Phi) is 6.13. The van der Waals surface area contributed by atoms with E-state index in [1.54, 1.807) is 12.1 Å². The molecule has 3 aromatic rings. The second-order valence-electron chi connectivity index (χ2n) is 6.95. The Morgan fingerprint density at radius 3 is 2.76 bits per heavy atom. The molecule has 29 heavy (non-hydrogen) atoms. The van der Waals surface area contributed by atoms with Crippen molar-refractivity contribution in [2.24, 2.45) is 0 Å². The molecule has 0 bridgehead atoms. The number of aromatic nitrogens is 3. The van der Waals surface area contributed by atoms with E-state index in [4.69, 9.17) is 23.2 Å². The number of halogens is 2. The Morgan fingerprint density at radius 1 is 1.14 bits per heavy atom. The number of aryl methyl sites for hydroxylation is 1. The molecule has 1 N–H and O–H groups in total. The standard InChI is InChI=1S/C21H20Cl2N4OS/c1-13-6-2-3-7-17(13)27-19(15-10-9-14(22)12-16(15)23)25-26-21(27)29-18-8-4-5-11-24-20(18)28/h2-3,6-7,9-10,12,18H,4-5,8,11H2,1H3,(H,24,28)/t18-/m1/s1. The van der Waals surface area contributed by atoms with Crippen LogP contribution < -0.4 is 5.32 Å². The van der Waals surface area contributed by atoms with Crippen LogP contribution in [0.1, 0.15) is 24.8 Å². The topological polar surface area (TPSA) is 59.8 Å². The van der Waals surface area contributed by atoms with Gasteiger partial charge in [0, 0.05) is 17.1 Å². The summed E-state index contributed by atoms with van der Waals surface area (Å²) in [6.07, 6.45) is 2.82. The summed E-state index contributed by atoms with van der Waals surface area (Å²) < 4.78 is 1.98. The highest BCUT2D eigenvalue weighted by atomic mass is 35.5.